The van der Waals surface area contributed by atoms with Gasteiger partial charge in [-0.15, -0.1) is 6.42 Å². The van der Waals surface area contributed by atoms with Crippen molar-refractivity contribution in [2.75, 3.05) is 18.1 Å². The molecule has 2 rings (SSSR count). The highest BCUT2D eigenvalue weighted by atomic mass is 79.9. The van der Waals surface area contributed by atoms with Crippen molar-refractivity contribution in [1.29, 1.82) is 0 Å². The molecule has 0 N–H and O–H groups in total. The van der Waals surface area contributed by atoms with Crippen LogP contribution in [-0.4, -0.2) is 45.2 Å². The van der Waals surface area contributed by atoms with Gasteiger partial charge in [0.05, 0.1) is 22.9 Å². The summed E-state index contributed by atoms with van der Waals surface area (Å²) in [6.07, 6.45) is 5.53. The molecule has 1 aliphatic rings. The molecule has 1 unspecified atom stereocenters. The van der Waals surface area contributed by atoms with Crippen molar-refractivity contribution in [3.63, 3.8) is 0 Å². The van der Waals surface area contributed by atoms with Gasteiger partial charge in [-0.2, -0.15) is 4.31 Å². The Bertz CT molecular complexity index is 781. The maximum Gasteiger partial charge on any atom is 0.245 e. The van der Waals surface area contributed by atoms with E-state index in [1.165, 1.54) is 6.07 Å². The summed E-state index contributed by atoms with van der Waals surface area (Å²) in [5, 5.41) is 0. The minimum Gasteiger partial charge on any atom is -0.229 e. The normalized spacial score (nSPS) is 21.3. The standard InChI is InChI=1S/C13H14BrNO4S2/c1-2-8-15(11-7-9-20(16,17)10-11)21(18,19)13-6-4-3-5-12(13)14/h1,3-6,11H,7-10H2. The van der Waals surface area contributed by atoms with E-state index >= 15 is 0 Å². The number of nitrogens with zero attached hydrogens (tertiary/aromatic N) is 1. The summed E-state index contributed by atoms with van der Waals surface area (Å²) in [5.74, 6) is 2.11. The third-order valence-corrected chi connectivity index (χ3v) is 7.95. The van der Waals surface area contributed by atoms with E-state index in [1.807, 2.05) is 0 Å². The molecule has 1 aromatic rings. The molecule has 5 nitrogen and oxygen atoms in total. The molecular weight excluding hydrogens is 378 g/mol. The SMILES string of the molecule is C#CCN(C1CCS(=O)(=O)C1)S(=O)(=O)c1ccccc1Br. The van der Waals surface area contributed by atoms with Gasteiger partial charge in [-0.1, -0.05) is 18.1 Å². The summed E-state index contributed by atoms with van der Waals surface area (Å²) >= 11 is 3.21. The Morgan fingerprint density at radius 2 is 2.05 bits per heavy atom. The molecule has 1 heterocycles. The Hall–Kier alpha value is -0.880. The summed E-state index contributed by atoms with van der Waals surface area (Å²) in [4.78, 5) is 0.0875. The van der Waals surface area contributed by atoms with Gasteiger partial charge in [0.25, 0.3) is 0 Å². The Balaban J connectivity index is 2.43. The predicted octanol–water partition coefficient (Wildman–Crippen LogP) is 1.26. The van der Waals surface area contributed by atoms with Gasteiger partial charge >= 0.3 is 0 Å². The summed E-state index contributed by atoms with van der Waals surface area (Å²) in [6, 6.07) is 5.79. The zero-order chi connectivity index (χ0) is 15.7. The lowest BCUT2D eigenvalue weighted by Crippen LogP contribution is -2.41. The van der Waals surface area contributed by atoms with Crippen LogP contribution in [-0.2, 0) is 19.9 Å². The van der Waals surface area contributed by atoms with Gasteiger partial charge in [0, 0.05) is 10.5 Å². The van der Waals surface area contributed by atoms with E-state index in [1.54, 1.807) is 18.2 Å². The molecule has 1 fully saturated rings. The maximum atomic E-state index is 12.7. The third-order valence-electron chi connectivity index (χ3n) is 3.29. The van der Waals surface area contributed by atoms with Crippen molar-refractivity contribution in [1.82, 2.24) is 4.31 Å². The van der Waals surface area contributed by atoms with Gasteiger partial charge in [-0.25, -0.2) is 16.8 Å². The summed E-state index contributed by atoms with van der Waals surface area (Å²) in [6.45, 7) is -0.149. The zero-order valence-corrected chi connectivity index (χ0v) is 14.3. The first-order valence-electron chi connectivity index (χ1n) is 6.18. The number of hydrogen-bond acceptors (Lipinski definition) is 4. The summed E-state index contributed by atoms with van der Waals surface area (Å²) in [7, 11) is -7.05. The second-order valence-electron chi connectivity index (χ2n) is 4.74. The van der Waals surface area contributed by atoms with Crippen LogP contribution in [0.4, 0.5) is 0 Å². The van der Waals surface area contributed by atoms with Crippen molar-refractivity contribution in [3.8, 4) is 12.3 Å². The van der Waals surface area contributed by atoms with Crippen LogP contribution in [0.2, 0.25) is 0 Å². The molecule has 21 heavy (non-hydrogen) atoms. The fourth-order valence-corrected chi connectivity index (χ4v) is 6.64. The van der Waals surface area contributed by atoms with Gasteiger partial charge in [-0.05, 0) is 34.5 Å². The highest BCUT2D eigenvalue weighted by Gasteiger charge is 2.38. The van der Waals surface area contributed by atoms with Gasteiger partial charge in [0.15, 0.2) is 9.84 Å². The second kappa shape index (κ2) is 6.08. The maximum absolute atomic E-state index is 12.7. The number of sulfonamides is 1. The second-order valence-corrected chi connectivity index (χ2v) is 9.68. The molecule has 1 saturated heterocycles. The highest BCUT2D eigenvalue weighted by Crippen LogP contribution is 2.28. The van der Waals surface area contributed by atoms with Crippen LogP contribution in [0.25, 0.3) is 0 Å². The lowest BCUT2D eigenvalue weighted by Gasteiger charge is -2.25. The highest BCUT2D eigenvalue weighted by molar-refractivity contribution is 9.10. The van der Waals surface area contributed by atoms with E-state index in [-0.39, 0.29) is 29.4 Å². The molecule has 0 amide bonds. The number of terminal acetylenes is 1. The Morgan fingerprint density at radius 3 is 2.57 bits per heavy atom. The molecular formula is C13H14BrNO4S2. The molecule has 1 atom stereocenters. The molecule has 0 spiro atoms. The first-order chi connectivity index (χ1) is 9.78. The van der Waals surface area contributed by atoms with Crippen LogP contribution >= 0.6 is 15.9 Å². The fourth-order valence-electron chi connectivity index (χ4n) is 2.28. The fraction of sp³-hybridized carbons (Fsp3) is 0.385. The number of rotatable bonds is 4. The van der Waals surface area contributed by atoms with Crippen molar-refractivity contribution >= 4 is 35.8 Å². The molecule has 114 valence electrons. The summed E-state index contributed by atoms with van der Waals surface area (Å²) < 4.78 is 50.2. The lowest BCUT2D eigenvalue weighted by molar-refractivity contribution is 0.371. The lowest BCUT2D eigenvalue weighted by atomic mass is 10.3. The van der Waals surface area contributed by atoms with Crippen molar-refractivity contribution in [3.05, 3.63) is 28.7 Å². The number of sulfone groups is 1. The molecule has 0 aromatic heterocycles. The van der Waals surface area contributed by atoms with E-state index in [0.29, 0.717) is 4.47 Å². The monoisotopic (exact) mass is 391 g/mol. The summed E-state index contributed by atoms with van der Waals surface area (Å²) in [5.41, 5.74) is 0. The van der Waals surface area contributed by atoms with E-state index in [4.69, 9.17) is 6.42 Å². The Kier molecular flexibility index (Phi) is 4.78. The average Bonchev–Trinajstić information content (AvgIpc) is 2.76. The molecule has 0 saturated carbocycles. The predicted molar refractivity (Wildman–Crippen MR) is 83.9 cm³/mol. The van der Waals surface area contributed by atoms with Gasteiger partial charge < -0.3 is 0 Å². The van der Waals surface area contributed by atoms with Crippen molar-refractivity contribution in [2.24, 2.45) is 0 Å². The molecule has 0 aliphatic carbocycles. The Morgan fingerprint density at radius 1 is 1.38 bits per heavy atom. The van der Waals surface area contributed by atoms with Crippen molar-refractivity contribution < 1.29 is 16.8 Å². The van der Waals surface area contributed by atoms with Crippen LogP contribution in [0.3, 0.4) is 0 Å². The van der Waals surface area contributed by atoms with Crippen LogP contribution in [0, 0.1) is 12.3 Å². The van der Waals surface area contributed by atoms with E-state index in [9.17, 15) is 16.8 Å². The van der Waals surface area contributed by atoms with Crippen LogP contribution < -0.4 is 0 Å². The molecule has 1 aliphatic heterocycles. The van der Waals surface area contributed by atoms with Gasteiger partial charge in [-0.3, -0.25) is 0 Å². The molecule has 0 bridgehead atoms. The number of halogens is 1. The first kappa shape index (κ1) is 16.5. The average molecular weight is 392 g/mol. The van der Waals surface area contributed by atoms with Gasteiger partial charge in [0.1, 0.15) is 0 Å². The van der Waals surface area contributed by atoms with E-state index < -0.39 is 25.9 Å². The zero-order valence-electron chi connectivity index (χ0n) is 11.1. The van der Waals surface area contributed by atoms with Crippen LogP contribution in [0.1, 0.15) is 6.42 Å². The number of hydrogen-bond donors (Lipinski definition) is 0. The van der Waals surface area contributed by atoms with Crippen LogP contribution in [0.5, 0.6) is 0 Å². The molecule has 0 radical (unpaired) electrons. The molecule has 1 aromatic carbocycles. The number of benzene rings is 1. The minimum atomic E-state index is -3.85. The quantitative estimate of drug-likeness (QED) is 0.724. The third kappa shape index (κ3) is 3.48. The minimum absolute atomic E-state index is 0.00970. The van der Waals surface area contributed by atoms with Crippen LogP contribution in [0.15, 0.2) is 33.6 Å². The Labute approximate surface area is 133 Å². The smallest absolute Gasteiger partial charge is 0.229 e. The first-order valence-corrected chi connectivity index (χ1v) is 10.2. The van der Waals surface area contributed by atoms with Gasteiger partial charge in [0.2, 0.25) is 10.0 Å². The van der Waals surface area contributed by atoms with E-state index in [2.05, 4.69) is 21.9 Å². The topological polar surface area (TPSA) is 71.5 Å². The molecule has 8 heteroatoms. The van der Waals surface area contributed by atoms with E-state index in [0.717, 1.165) is 4.31 Å². The largest absolute Gasteiger partial charge is 0.245 e. The van der Waals surface area contributed by atoms with Crippen molar-refractivity contribution in [2.45, 2.75) is 17.4 Å².